The molecular weight excluding hydrogens is 500 g/mol. The Morgan fingerprint density at radius 3 is 2.10 bits per heavy atom. The van der Waals surface area contributed by atoms with Crippen molar-refractivity contribution >= 4 is 0 Å². The van der Waals surface area contributed by atoms with Crippen LogP contribution in [0.3, 0.4) is 0 Å². The summed E-state index contributed by atoms with van der Waals surface area (Å²) in [4.78, 5) is 0. The van der Waals surface area contributed by atoms with E-state index in [1.165, 1.54) is 57.1 Å². The van der Waals surface area contributed by atoms with Crippen LogP contribution in [0.5, 0.6) is 5.75 Å². The van der Waals surface area contributed by atoms with Crippen LogP contribution < -0.4 is 4.74 Å². The minimum Gasteiger partial charge on any atom is -0.483 e. The Morgan fingerprint density at radius 1 is 0.744 bits per heavy atom. The fraction of sp³-hybridized carbons (Fsp3) is 0.471. The van der Waals surface area contributed by atoms with Crippen molar-refractivity contribution in [3.05, 3.63) is 89.0 Å². The molecule has 0 bridgehead atoms. The van der Waals surface area contributed by atoms with E-state index in [1.807, 2.05) is 6.07 Å². The lowest BCUT2D eigenvalue weighted by atomic mass is 9.63. The first-order valence-electron chi connectivity index (χ1n) is 14.6. The molecule has 0 heterocycles. The average Bonchev–Trinajstić information content (AvgIpc) is 2.92. The first-order chi connectivity index (χ1) is 18.9. The van der Waals surface area contributed by atoms with Gasteiger partial charge >= 0.3 is 0 Å². The van der Waals surface area contributed by atoms with E-state index in [4.69, 9.17) is 4.74 Å². The quantitative estimate of drug-likeness (QED) is 0.194. The lowest BCUT2D eigenvalue weighted by molar-refractivity contribution is 0.113. The van der Waals surface area contributed by atoms with E-state index in [9.17, 15) is 8.78 Å². The number of rotatable bonds is 9. The molecule has 5 heteroatoms. The molecule has 2 fully saturated rings. The SMILES string of the molecule is CCCCCC1CC[C@@H]2C[C@H](c3cc(F)c(-c4cc(F)c(OCc5ccccc5)c(F)c4)c(F)c3)CC[C@@H]2C1. The molecule has 3 aromatic rings. The monoisotopic (exact) mass is 538 g/mol. The van der Waals surface area contributed by atoms with Crippen LogP contribution in [-0.2, 0) is 6.61 Å². The van der Waals surface area contributed by atoms with Crippen molar-refractivity contribution in [2.75, 3.05) is 0 Å². The zero-order chi connectivity index (χ0) is 27.4. The zero-order valence-corrected chi connectivity index (χ0v) is 22.7. The Morgan fingerprint density at radius 2 is 1.41 bits per heavy atom. The maximum Gasteiger partial charge on any atom is 0.191 e. The summed E-state index contributed by atoms with van der Waals surface area (Å²) in [5, 5.41) is 0. The van der Waals surface area contributed by atoms with Gasteiger partial charge in [-0.2, -0.15) is 0 Å². The van der Waals surface area contributed by atoms with Gasteiger partial charge in [0.2, 0.25) is 0 Å². The van der Waals surface area contributed by atoms with Gasteiger partial charge in [-0.25, -0.2) is 17.6 Å². The molecule has 0 N–H and O–H groups in total. The van der Waals surface area contributed by atoms with Gasteiger partial charge in [-0.1, -0.05) is 69.4 Å². The van der Waals surface area contributed by atoms with Crippen LogP contribution in [0.2, 0.25) is 0 Å². The number of halogens is 4. The molecule has 2 aliphatic rings. The highest BCUT2D eigenvalue weighted by atomic mass is 19.1. The average molecular weight is 539 g/mol. The normalized spacial score (nSPS) is 22.9. The highest BCUT2D eigenvalue weighted by Crippen LogP contribution is 2.49. The summed E-state index contributed by atoms with van der Waals surface area (Å²) in [7, 11) is 0. The molecule has 1 nitrogen and oxygen atoms in total. The Labute approximate surface area is 229 Å². The number of fused-ring (bicyclic) bond motifs is 1. The summed E-state index contributed by atoms with van der Waals surface area (Å²) >= 11 is 0. The highest BCUT2D eigenvalue weighted by molar-refractivity contribution is 5.66. The number of ether oxygens (including phenoxy) is 1. The van der Waals surface area contributed by atoms with E-state index in [1.54, 1.807) is 24.3 Å². The van der Waals surface area contributed by atoms with E-state index >= 15 is 8.78 Å². The molecule has 3 aromatic carbocycles. The third-order valence-corrected chi connectivity index (χ3v) is 8.99. The first kappa shape index (κ1) is 27.7. The van der Waals surface area contributed by atoms with Gasteiger partial charge in [0.1, 0.15) is 18.2 Å². The van der Waals surface area contributed by atoms with Crippen LogP contribution in [-0.4, -0.2) is 0 Å². The molecule has 1 unspecified atom stereocenters. The summed E-state index contributed by atoms with van der Waals surface area (Å²) in [5.41, 5.74) is 0.819. The molecule has 4 atom stereocenters. The Hall–Kier alpha value is -2.82. The number of benzene rings is 3. The van der Waals surface area contributed by atoms with E-state index in [0.717, 1.165) is 48.8 Å². The van der Waals surface area contributed by atoms with Crippen LogP contribution in [0.15, 0.2) is 54.6 Å². The molecule has 0 aliphatic heterocycles. The van der Waals surface area contributed by atoms with E-state index in [-0.39, 0.29) is 18.1 Å². The second kappa shape index (κ2) is 12.6. The molecule has 0 spiro atoms. The van der Waals surface area contributed by atoms with Gasteiger partial charge < -0.3 is 4.74 Å². The summed E-state index contributed by atoms with van der Waals surface area (Å²) in [6.07, 6.45) is 12.0. The number of hydrogen-bond donors (Lipinski definition) is 0. The van der Waals surface area contributed by atoms with Gasteiger partial charge in [0.15, 0.2) is 17.4 Å². The Balaban J connectivity index is 1.27. The van der Waals surface area contributed by atoms with Gasteiger partial charge in [-0.05, 0) is 96.7 Å². The summed E-state index contributed by atoms with van der Waals surface area (Å²) in [6, 6.07) is 13.6. The smallest absolute Gasteiger partial charge is 0.191 e. The third-order valence-electron chi connectivity index (χ3n) is 8.99. The van der Waals surface area contributed by atoms with Crippen LogP contribution in [0.1, 0.15) is 88.2 Å². The van der Waals surface area contributed by atoms with Gasteiger partial charge in [0, 0.05) is 0 Å². The topological polar surface area (TPSA) is 9.23 Å². The molecule has 208 valence electrons. The first-order valence-corrected chi connectivity index (χ1v) is 14.6. The highest BCUT2D eigenvalue weighted by Gasteiger charge is 2.36. The van der Waals surface area contributed by atoms with Crippen LogP contribution >= 0.6 is 0 Å². The Kier molecular flexibility index (Phi) is 8.94. The van der Waals surface area contributed by atoms with Crippen molar-refractivity contribution in [1.29, 1.82) is 0 Å². The molecule has 2 saturated carbocycles. The van der Waals surface area contributed by atoms with Gasteiger partial charge in [-0.15, -0.1) is 0 Å². The lowest BCUT2D eigenvalue weighted by Crippen LogP contribution is -2.30. The van der Waals surface area contributed by atoms with E-state index < -0.39 is 34.6 Å². The van der Waals surface area contributed by atoms with Gasteiger partial charge in [0.05, 0.1) is 5.56 Å². The lowest BCUT2D eigenvalue weighted by Gasteiger charge is -2.42. The maximum absolute atomic E-state index is 15.3. The summed E-state index contributed by atoms with van der Waals surface area (Å²) < 4.78 is 65.5. The largest absolute Gasteiger partial charge is 0.483 e. The number of unbranched alkanes of at least 4 members (excludes halogenated alkanes) is 2. The molecule has 2 aliphatic carbocycles. The van der Waals surface area contributed by atoms with Crippen LogP contribution in [0.4, 0.5) is 17.6 Å². The van der Waals surface area contributed by atoms with Crippen molar-refractivity contribution in [2.24, 2.45) is 17.8 Å². The number of hydrogen-bond acceptors (Lipinski definition) is 1. The van der Waals surface area contributed by atoms with Crippen molar-refractivity contribution in [3.8, 4) is 16.9 Å². The third kappa shape index (κ3) is 6.50. The van der Waals surface area contributed by atoms with Gasteiger partial charge in [-0.3, -0.25) is 0 Å². The van der Waals surface area contributed by atoms with Crippen molar-refractivity contribution in [3.63, 3.8) is 0 Å². The predicted octanol–water partition coefficient (Wildman–Crippen LogP) is 10.4. The maximum atomic E-state index is 15.3. The Bertz CT molecular complexity index is 1210. The van der Waals surface area contributed by atoms with Gasteiger partial charge in [0.25, 0.3) is 0 Å². The molecule has 0 saturated heterocycles. The van der Waals surface area contributed by atoms with Crippen molar-refractivity contribution < 1.29 is 22.3 Å². The van der Waals surface area contributed by atoms with Crippen LogP contribution in [0, 0.1) is 41.0 Å². The van der Waals surface area contributed by atoms with E-state index in [0.29, 0.717) is 11.5 Å². The fourth-order valence-electron chi connectivity index (χ4n) is 6.91. The molecule has 39 heavy (non-hydrogen) atoms. The standard InChI is InChI=1S/C34H38F4O/c1-2-3-5-8-22-11-12-25-16-26(14-13-24(25)15-22)27-17-29(35)33(30(36)18-27)28-19-31(37)34(32(38)20-28)39-21-23-9-6-4-7-10-23/h4,6-7,9-10,17-20,22,24-26H,2-3,5,8,11-16,21H2,1H3/t22?,24-,25-,26-/m1/s1. The predicted molar refractivity (Wildman–Crippen MR) is 148 cm³/mol. The molecule has 0 amide bonds. The minimum absolute atomic E-state index is 0.0196. The van der Waals surface area contributed by atoms with Crippen LogP contribution in [0.25, 0.3) is 11.1 Å². The van der Waals surface area contributed by atoms with Crippen molar-refractivity contribution in [2.45, 2.75) is 83.7 Å². The van der Waals surface area contributed by atoms with Crippen molar-refractivity contribution in [1.82, 2.24) is 0 Å². The van der Waals surface area contributed by atoms with E-state index in [2.05, 4.69) is 6.92 Å². The fourth-order valence-corrected chi connectivity index (χ4v) is 6.91. The molecule has 0 radical (unpaired) electrons. The molecule has 5 rings (SSSR count). The minimum atomic E-state index is -0.993. The molecule has 0 aromatic heterocycles. The second-order valence-corrected chi connectivity index (χ2v) is 11.6. The summed E-state index contributed by atoms with van der Waals surface area (Å²) in [6.45, 7) is 2.22. The molecular formula is C34H38F4O. The second-order valence-electron chi connectivity index (χ2n) is 11.6. The summed E-state index contributed by atoms with van der Waals surface area (Å²) in [5.74, 6) is -1.83. The zero-order valence-electron chi connectivity index (χ0n) is 22.7.